The lowest BCUT2D eigenvalue weighted by molar-refractivity contribution is -0.125. The molecule has 2 aliphatic heterocycles. The molecule has 1 aliphatic carbocycles. The van der Waals surface area contributed by atoms with Crippen molar-refractivity contribution in [2.45, 2.75) is 75.4 Å². The molecule has 2 amide bonds. The normalized spacial score (nSPS) is 19.0. The summed E-state index contributed by atoms with van der Waals surface area (Å²) in [4.78, 5) is 32.3. The Morgan fingerprint density at radius 2 is 1.67 bits per heavy atom. The van der Waals surface area contributed by atoms with Gasteiger partial charge in [-0.05, 0) is 67.5 Å². The maximum atomic E-state index is 14.8. The van der Waals surface area contributed by atoms with Crippen LogP contribution >= 0.6 is 0 Å². The maximum Gasteiger partial charge on any atom is 0.254 e. The Morgan fingerprint density at radius 3 is 2.27 bits per heavy atom. The molecular formula is C32H32F4N4O4S. The molecule has 45 heavy (non-hydrogen) atoms. The van der Waals surface area contributed by atoms with Crippen molar-refractivity contribution in [2.24, 2.45) is 0 Å². The number of hydrogen-bond donors (Lipinski definition) is 0. The second kappa shape index (κ2) is 11.8. The molecule has 3 aromatic rings. The van der Waals surface area contributed by atoms with E-state index in [1.54, 1.807) is 31.4 Å². The Balaban J connectivity index is 1.33. The molecule has 3 aliphatic rings. The summed E-state index contributed by atoms with van der Waals surface area (Å²) in [6.45, 7) is 0.748. The van der Waals surface area contributed by atoms with Crippen molar-refractivity contribution in [3.05, 3.63) is 87.7 Å². The molecular weight excluding hydrogens is 612 g/mol. The quantitative estimate of drug-likeness (QED) is 0.248. The first-order valence-corrected chi connectivity index (χ1v) is 16.3. The van der Waals surface area contributed by atoms with Gasteiger partial charge in [0.05, 0.1) is 12.2 Å². The predicted octanol–water partition coefficient (Wildman–Crippen LogP) is 5.58. The molecule has 8 nitrogen and oxygen atoms in total. The first-order chi connectivity index (χ1) is 21.4. The third-order valence-corrected chi connectivity index (χ3v) is 11.1. The van der Waals surface area contributed by atoms with Crippen LogP contribution < -0.4 is 4.90 Å². The van der Waals surface area contributed by atoms with Gasteiger partial charge < -0.3 is 9.80 Å². The second-order valence-corrected chi connectivity index (χ2v) is 13.8. The Hall–Kier alpha value is -3.84. The fourth-order valence-corrected chi connectivity index (χ4v) is 8.17. The van der Waals surface area contributed by atoms with E-state index in [0.29, 0.717) is 39.3 Å². The Kier molecular flexibility index (Phi) is 8.19. The zero-order valence-corrected chi connectivity index (χ0v) is 25.6. The van der Waals surface area contributed by atoms with Gasteiger partial charge in [-0.1, -0.05) is 25.3 Å². The number of halogens is 4. The van der Waals surface area contributed by atoms with Gasteiger partial charge in [-0.3, -0.25) is 14.6 Å². The lowest BCUT2D eigenvalue weighted by atomic mass is 9.85. The molecule has 0 spiro atoms. The van der Waals surface area contributed by atoms with Gasteiger partial charge in [-0.15, -0.1) is 0 Å². The molecule has 2 fully saturated rings. The minimum absolute atomic E-state index is 0.00877. The third kappa shape index (κ3) is 5.39. The maximum absolute atomic E-state index is 14.8. The molecule has 3 heterocycles. The highest BCUT2D eigenvalue weighted by Crippen LogP contribution is 2.36. The molecule has 1 atom stereocenters. The predicted molar refractivity (Wildman–Crippen MR) is 157 cm³/mol. The monoisotopic (exact) mass is 644 g/mol. The lowest BCUT2D eigenvalue weighted by Gasteiger charge is -2.41. The summed E-state index contributed by atoms with van der Waals surface area (Å²) in [6, 6.07) is 7.23. The SMILES string of the molecule is Cc1c(F)c(F)c(S(=O)(=O)N2CC[C@@H]2C(=O)N(Cc2ccc(C3CCCCC3)cn2)c2ccc3c(c2)CN(C)C3=O)c(F)c1F. The van der Waals surface area contributed by atoms with Crippen molar-refractivity contribution >= 4 is 27.5 Å². The van der Waals surface area contributed by atoms with Gasteiger partial charge in [0.15, 0.2) is 28.2 Å². The highest BCUT2D eigenvalue weighted by molar-refractivity contribution is 7.89. The number of benzene rings is 2. The van der Waals surface area contributed by atoms with E-state index < -0.39 is 55.7 Å². The van der Waals surface area contributed by atoms with Crippen LogP contribution in [-0.2, 0) is 27.9 Å². The lowest BCUT2D eigenvalue weighted by Crippen LogP contribution is -2.59. The van der Waals surface area contributed by atoms with Gasteiger partial charge in [0.2, 0.25) is 15.9 Å². The fourth-order valence-electron chi connectivity index (χ4n) is 6.43. The average molecular weight is 645 g/mol. The van der Waals surface area contributed by atoms with E-state index in [0.717, 1.165) is 38.2 Å². The summed E-state index contributed by atoms with van der Waals surface area (Å²) in [5, 5.41) is 0. The average Bonchev–Trinajstić information content (AvgIpc) is 3.29. The van der Waals surface area contributed by atoms with E-state index in [-0.39, 0.29) is 25.4 Å². The summed E-state index contributed by atoms with van der Waals surface area (Å²) >= 11 is 0. The van der Waals surface area contributed by atoms with E-state index in [1.165, 1.54) is 16.2 Å². The van der Waals surface area contributed by atoms with E-state index in [4.69, 9.17) is 0 Å². The largest absolute Gasteiger partial charge is 0.337 e. The Labute approximate surface area is 258 Å². The van der Waals surface area contributed by atoms with Gasteiger partial charge in [0.1, 0.15) is 6.04 Å². The van der Waals surface area contributed by atoms with Gasteiger partial charge in [-0.25, -0.2) is 26.0 Å². The number of hydrogen-bond acceptors (Lipinski definition) is 5. The molecule has 0 radical (unpaired) electrons. The molecule has 1 saturated carbocycles. The molecule has 1 saturated heterocycles. The number of aromatic nitrogens is 1. The van der Waals surface area contributed by atoms with Crippen molar-refractivity contribution < 1.29 is 35.6 Å². The Bertz CT molecular complexity index is 1770. The number of amides is 2. The molecule has 0 unspecified atom stereocenters. The molecule has 0 N–H and O–H groups in total. The van der Waals surface area contributed by atoms with Crippen LogP contribution in [0.2, 0.25) is 0 Å². The van der Waals surface area contributed by atoms with Gasteiger partial charge in [-0.2, -0.15) is 4.31 Å². The van der Waals surface area contributed by atoms with Crippen LogP contribution in [0, 0.1) is 30.2 Å². The number of rotatable bonds is 7. The van der Waals surface area contributed by atoms with Gasteiger partial charge in [0, 0.05) is 43.1 Å². The highest BCUT2D eigenvalue weighted by Gasteiger charge is 2.48. The van der Waals surface area contributed by atoms with Crippen LogP contribution in [0.3, 0.4) is 0 Å². The summed E-state index contributed by atoms with van der Waals surface area (Å²) < 4.78 is 85.6. The molecule has 0 bridgehead atoms. The van der Waals surface area contributed by atoms with Crippen LogP contribution in [0.15, 0.2) is 41.4 Å². The van der Waals surface area contributed by atoms with Crippen LogP contribution in [0.4, 0.5) is 23.2 Å². The standard InChI is InChI=1S/C32H32F4N4O4S/c1-18-26(33)28(35)30(29(36)27(18)34)45(43,44)40-13-12-25(40)32(42)39(23-10-11-24-21(14-23)16-38(2)31(24)41)17-22-9-8-20(15-37-22)19-6-4-3-5-7-19/h8-11,14-15,19,25H,3-7,12-13,16-17H2,1-2H3/t25-/m1/s1. The first-order valence-electron chi connectivity index (χ1n) is 14.9. The molecule has 2 aromatic carbocycles. The van der Waals surface area contributed by atoms with Gasteiger partial charge in [0.25, 0.3) is 5.91 Å². The van der Waals surface area contributed by atoms with Crippen molar-refractivity contribution in [1.82, 2.24) is 14.2 Å². The number of carbonyl (C=O) groups excluding carboxylic acids is 2. The molecule has 1 aromatic heterocycles. The van der Waals surface area contributed by atoms with Crippen molar-refractivity contribution in [1.29, 1.82) is 0 Å². The van der Waals surface area contributed by atoms with Crippen molar-refractivity contribution in [3.8, 4) is 0 Å². The van der Waals surface area contributed by atoms with E-state index in [9.17, 15) is 35.6 Å². The number of pyridine rings is 1. The van der Waals surface area contributed by atoms with E-state index in [1.807, 2.05) is 12.1 Å². The number of fused-ring (bicyclic) bond motifs is 1. The fraction of sp³-hybridized carbons (Fsp3) is 0.406. The highest BCUT2D eigenvalue weighted by atomic mass is 32.2. The molecule has 6 rings (SSSR count). The van der Waals surface area contributed by atoms with Crippen LogP contribution in [0.1, 0.15) is 77.2 Å². The zero-order chi connectivity index (χ0) is 32.2. The second-order valence-electron chi connectivity index (χ2n) is 12.0. The van der Waals surface area contributed by atoms with Crippen molar-refractivity contribution in [3.63, 3.8) is 0 Å². The van der Waals surface area contributed by atoms with Crippen LogP contribution in [0.25, 0.3) is 0 Å². The smallest absolute Gasteiger partial charge is 0.254 e. The van der Waals surface area contributed by atoms with Crippen LogP contribution in [-0.4, -0.2) is 54.1 Å². The summed E-state index contributed by atoms with van der Waals surface area (Å²) in [6.07, 6.45) is 7.47. The number of nitrogens with zero attached hydrogens (tertiary/aromatic N) is 4. The number of sulfonamides is 1. The topological polar surface area (TPSA) is 90.9 Å². The van der Waals surface area contributed by atoms with Gasteiger partial charge >= 0.3 is 0 Å². The first kappa shape index (κ1) is 31.2. The Morgan fingerprint density at radius 1 is 0.978 bits per heavy atom. The van der Waals surface area contributed by atoms with Crippen molar-refractivity contribution in [2.75, 3.05) is 18.5 Å². The summed E-state index contributed by atoms with van der Waals surface area (Å²) in [7, 11) is -3.51. The van der Waals surface area contributed by atoms with E-state index >= 15 is 0 Å². The molecule has 238 valence electrons. The number of carbonyl (C=O) groups is 2. The summed E-state index contributed by atoms with van der Waals surface area (Å²) in [5.74, 6) is -8.21. The summed E-state index contributed by atoms with van der Waals surface area (Å²) in [5.41, 5.74) is 2.15. The molecule has 13 heteroatoms. The van der Waals surface area contributed by atoms with E-state index in [2.05, 4.69) is 4.98 Å². The zero-order valence-electron chi connectivity index (χ0n) is 24.8. The minimum atomic E-state index is -5.16. The minimum Gasteiger partial charge on any atom is -0.337 e. The third-order valence-electron chi connectivity index (χ3n) is 9.16. The van der Waals surface area contributed by atoms with Crippen LogP contribution in [0.5, 0.6) is 0 Å². The number of anilines is 1.